The van der Waals surface area contributed by atoms with Gasteiger partial charge >= 0.3 is 24.0 Å². The van der Waals surface area contributed by atoms with E-state index in [0.29, 0.717) is 81.5 Å². The van der Waals surface area contributed by atoms with E-state index in [4.69, 9.17) is 26.0 Å². The topological polar surface area (TPSA) is 454 Å². The quantitative estimate of drug-likeness (QED) is 0.0186. The number of imidazole rings is 2. The number of carbonyl (C=O) groups is 6. The van der Waals surface area contributed by atoms with Gasteiger partial charge in [0.25, 0.3) is 0 Å². The van der Waals surface area contributed by atoms with Gasteiger partial charge in [0, 0.05) is 47.7 Å². The maximum absolute atomic E-state index is 12.7. The van der Waals surface area contributed by atoms with Crippen molar-refractivity contribution in [3.8, 4) is 0 Å². The fourth-order valence-corrected chi connectivity index (χ4v) is 17.5. The second-order valence-corrected chi connectivity index (χ2v) is 28.9. The molecule has 0 bridgehead atoms. The number of nitrogens with one attached hydrogen (secondary N) is 6. The van der Waals surface area contributed by atoms with E-state index in [0.717, 1.165) is 37.2 Å². The van der Waals surface area contributed by atoms with E-state index >= 15 is 0 Å². The van der Waals surface area contributed by atoms with E-state index in [1.165, 1.54) is 34.4 Å². The van der Waals surface area contributed by atoms with Crippen LogP contribution in [0.5, 0.6) is 0 Å². The maximum Gasteiger partial charge on any atom is 0.326 e. The number of aromatic nitrogens is 8. The summed E-state index contributed by atoms with van der Waals surface area (Å²) in [5.74, 6) is 1.43. The lowest BCUT2D eigenvalue weighted by Crippen LogP contribution is -2.42. The van der Waals surface area contributed by atoms with E-state index in [9.17, 15) is 54.3 Å². The number of aliphatic carboxylic acids is 2. The Hall–Kier alpha value is -5.56. The highest BCUT2D eigenvalue weighted by Crippen LogP contribution is 2.37. The molecule has 10 heterocycles. The van der Waals surface area contributed by atoms with E-state index in [1.807, 2.05) is 36.0 Å². The third-order valence-electron chi connectivity index (χ3n) is 15.8. The van der Waals surface area contributed by atoms with Crippen molar-refractivity contribution in [2.24, 2.45) is 5.73 Å². The molecular formula is C50H74N16O14S4+2. The summed E-state index contributed by atoms with van der Waals surface area (Å²) in [5, 5.41) is 79.4. The first-order valence-corrected chi connectivity index (χ1v) is 33.8. The Labute approximate surface area is 496 Å². The van der Waals surface area contributed by atoms with E-state index in [-0.39, 0.29) is 94.3 Å². The van der Waals surface area contributed by atoms with Gasteiger partial charge < -0.3 is 83.5 Å². The lowest BCUT2D eigenvalue weighted by molar-refractivity contribution is -0.142. The van der Waals surface area contributed by atoms with Crippen LogP contribution in [-0.4, -0.2) is 236 Å². The molecule has 0 aliphatic carbocycles. The SMILES string of the molecule is C[S+](CC[C@H](N)C(=O)O)C[C@H]1O[C@@H](n2cnc3c(NC(=O)CCCC[C@H]4SCC5NC(=O)NC54)ncnc32)[C@H](O)[C@@H]1O.C[S+](CC[C@H](NC(=O)CCCC[C@H]1SCC2NC(=O)NC21)C(=O)O)C[C@H]1O[C@@H](n2cnc3c(N)ncnc32)[C@H](O)[C@@H]1O. The van der Waals surface area contributed by atoms with E-state index < -0.39 is 73.1 Å². The molecule has 34 heteroatoms. The molecule has 6 fully saturated rings. The van der Waals surface area contributed by atoms with Crippen molar-refractivity contribution >= 4 is 115 Å². The van der Waals surface area contributed by atoms with Crippen LogP contribution in [0.2, 0.25) is 0 Å². The van der Waals surface area contributed by atoms with Crippen molar-refractivity contribution in [2.45, 2.75) is 160 Å². The van der Waals surface area contributed by atoms with Crippen molar-refractivity contribution in [3.63, 3.8) is 0 Å². The number of anilines is 2. The molecule has 0 radical (unpaired) electrons. The highest BCUT2D eigenvalue weighted by molar-refractivity contribution is 8.00. The predicted molar refractivity (Wildman–Crippen MR) is 314 cm³/mol. The highest BCUT2D eigenvalue weighted by atomic mass is 32.2. The minimum Gasteiger partial charge on any atom is -0.480 e. The molecule has 460 valence electrons. The van der Waals surface area contributed by atoms with Gasteiger partial charge in [0.1, 0.15) is 89.9 Å². The zero-order valence-electron chi connectivity index (χ0n) is 46.2. The van der Waals surface area contributed by atoms with Crippen LogP contribution < -0.4 is 43.4 Å². The highest BCUT2D eigenvalue weighted by Gasteiger charge is 2.49. The third kappa shape index (κ3) is 15.0. The molecule has 0 aromatic carbocycles. The number of nitrogen functional groups attached to an aromatic ring is 1. The number of carbonyl (C=O) groups excluding carboxylic acids is 4. The molecular weight excluding hydrogens is 1180 g/mol. The zero-order valence-corrected chi connectivity index (χ0v) is 49.4. The molecule has 84 heavy (non-hydrogen) atoms. The number of urea groups is 2. The summed E-state index contributed by atoms with van der Waals surface area (Å²) in [6, 6.07) is -1.58. The molecule has 6 amide bonds. The number of nitrogens with two attached hydrogens (primary N) is 2. The molecule has 0 spiro atoms. The Bertz CT molecular complexity index is 2990. The molecule has 16 N–H and O–H groups in total. The van der Waals surface area contributed by atoms with Gasteiger partial charge in [-0.2, -0.15) is 23.5 Å². The van der Waals surface area contributed by atoms with Crippen molar-refractivity contribution in [1.82, 2.24) is 65.6 Å². The second kappa shape index (κ2) is 28.3. The zero-order chi connectivity index (χ0) is 59.9. The number of aliphatic hydroxyl groups is 4. The van der Waals surface area contributed by atoms with Crippen LogP contribution in [0.4, 0.5) is 21.2 Å². The van der Waals surface area contributed by atoms with E-state index in [2.05, 4.69) is 61.8 Å². The Morgan fingerprint density at radius 1 is 0.679 bits per heavy atom. The third-order valence-corrected chi connectivity index (χ3v) is 22.4. The average molecular weight is 1250 g/mol. The van der Waals surface area contributed by atoms with Gasteiger partial charge in [-0.15, -0.1) is 0 Å². The molecule has 18 atom stereocenters. The van der Waals surface area contributed by atoms with Crippen LogP contribution in [-0.2, 0) is 50.4 Å². The van der Waals surface area contributed by atoms with Gasteiger partial charge in [-0.25, -0.2) is 44.3 Å². The molecule has 30 nitrogen and oxygen atoms in total. The number of rotatable bonds is 26. The van der Waals surface area contributed by atoms with Gasteiger partial charge in [0.05, 0.1) is 49.3 Å². The van der Waals surface area contributed by atoms with Gasteiger partial charge in [0.15, 0.2) is 40.9 Å². The molecule has 4 aromatic heterocycles. The van der Waals surface area contributed by atoms with Crippen molar-refractivity contribution in [2.75, 3.05) is 58.1 Å². The van der Waals surface area contributed by atoms with Crippen molar-refractivity contribution in [1.29, 1.82) is 0 Å². The lowest BCUT2D eigenvalue weighted by atomic mass is 10.0. The fourth-order valence-electron chi connectivity index (χ4n) is 11.1. The minimum atomic E-state index is -1.25. The number of carboxylic acids is 2. The predicted octanol–water partition coefficient (Wildman–Crippen LogP) is -1.88. The standard InChI is InChI=1S/2C25H36N8O7S2/c1-42(9-14-19(35)20(36)23(40-14)33-11-29-18-21(26)27-10-28-22(18)33)7-6-12(24(37)38)30-16(34)5-3-2-4-15-17-13(8-41-15)31-25(39)32-17;1-42(7-6-12(26)24(37)38)9-14-19(35)20(36)23(40-14)33-11-29-18-21(27-10-28-22(18)33)31-16(34)5-3-2-4-15-17-13(8-41-15)30-25(39)32-17/h10-15,17,19-20,23,35-36H,2-9H2,1H3,(H5-,26,27,28,30,31,32,34,37,38,39);10-15,17,19-20,23,35-36H,2-9,26H2,1H3,(H3-,27,28,30,31,32,34,37,38,39)/p+2/t2*12-,13?,14+,15+,17?,19+,20+,23+,42?/m00/s1. The Balaban J connectivity index is 0.000000202. The number of hydrogen-bond donors (Lipinski definition) is 14. The van der Waals surface area contributed by atoms with Crippen LogP contribution >= 0.6 is 23.5 Å². The molecule has 6 saturated heterocycles. The maximum atomic E-state index is 12.7. The number of thioether (sulfide) groups is 2. The normalized spacial score (nSPS) is 30.1. The lowest BCUT2D eigenvalue weighted by Gasteiger charge is -2.17. The van der Waals surface area contributed by atoms with Crippen molar-refractivity contribution in [3.05, 3.63) is 25.3 Å². The minimum absolute atomic E-state index is 0.108. The number of fused-ring (bicyclic) bond motifs is 4. The number of unbranched alkanes of at least 4 members (excludes halogenated alkanes) is 2. The van der Waals surface area contributed by atoms with Gasteiger partial charge in [-0.05, 0) is 47.5 Å². The van der Waals surface area contributed by atoms with Crippen LogP contribution in [0.25, 0.3) is 22.3 Å². The average Bonchev–Trinajstić information content (AvgIpc) is 4.37. The van der Waals surface area contributed by atoms with Crippen LogP contribution in [0.15, 0.2) is 25.3 Å². The number of carboxylic acid groups (broad SMARTS) is 2. The number of aliphatic hydroxyl groups excluding tert-OH is 4. The summed E-state index contributed by atoms with van der Waals surface area (Å²) in [7, 11) is -0.669. The molecule has 6 unspecified atom stereocenters. The summed E-state index contributed by atoms with van der Waals surface area (Å²) in [5.41, 5.74) is 12.8. The second-order valence-electron chi connectivity index (χ2n) is 21.8. The number of nitrogens with zero attached hydrogens (tertiary/aromatic N) is 8. The Kier molecular flexibility index (Phi) is 21.2. The fraction of sp³-hybridized carbons (Fsp3) is 0.680. The summed E-state index contributed by atoms with van der Waals surface area (Å²) < 4.78 is 15.1. The molecule has 6 aliphatic heterocycles. The Morgan fingerprint density at radius 2 is 1.18 bits per heavy atom. The van der Waals surface area contributed by atoms with Gasteiger partial charge in [0.2, 0.25) is 11.8 Å². The van der Waals surface area contributed by atoms with Crippen LogP contribution in [0, 0.1) is 0 Å². The van der Waals surface area contributed by atoms with Gasteiger partial charge in [-0.3, -0.25) is 23.5 Å². The molecule has 4 aromatic rings. The molecule has 0 saturated carbocycles. The summed E-state index contributed by atoms with van der Waals surface area (Å²) in [6.07, 6.45) is 7.12. The largest absolute Gasteiger partial charge is 0.480 e. The Morgan fingerprint density at radius 3 is 1.71 bits per heavy atom. The van der Waals surface area contributed by atoms with Gasteiger partial charge in [-0.1, -0.05) is 12.8 Å². The van der Waals surface area contributed by atoms with Crippen LogP contribution in [0.1, 0.15) is 76.7 Å². The molecule has 10 rings (SSSR count). The summed E-state index contributed by atoms with van der Waals surface area (Å²) >= 11 is 3.67. The first-order valence-electron chi connectivity index (χ1n) is 27.7. The first-order chi connectivity index (χ1) is 40.2. The number of hydrogen-bond acceptors (Lipinski definition) is 22. The van der Waals surface area contributed by atoms with Crippen molar-refractivity contribution < 1.29 is 68.9 Å². The number of amides is 6. The summed E-state index contributed by atoms with van der Waals surface area (Å²) in [4.78, 5) is 96.2. The number of ether oxygens (including phenoxy) is 2. The molecule has 6 aliphatic rings. The van der Waals surface area contributed by atoms with E-state index in [1.54, 1.807) is 0 Å². The monoisotopic (exact) mass is 1250 g/mol. The summed E-state index contributed by atoms with van der Waals surface area (Å²) in [6.45, 7) is 0. The smallest absolute Gasteiger partial charge is 0.326 e. The first kappa shape index (κ1) is 63.0. The van der Waals surface area contributed by atoms with Crippen LogP contribution in [0.3, 0.4) is 0 Å².